The Morgan fingerprint density at radius 1 is 1.38 bits per heavy atom. The fourth-order valence-corrected chi connectivity index (χ4v) is 2.23. The molecule has 0 aromatic heterocycles. The van der Waals surface area contributed by atoms with Crippen LogP contribution in [0.4, 0.5) is 19.3 Å². The maximum Gasteiger partial charge on any atom is 0.321 e. The lowest BCUT2D eigenvalue weighted by Crippen LogP contribution is -2.43. The van der Waals surface area contributed by atoms with E-state index in [1.165, 1.54) is 6.07 Å². The van der Waals surface area contributed by atoms with Crippen molar-refractivity contribution in [3.05, 3.63) is 29.8 Å². The molecule has 0 spiro atoms. The second kappa shape index (κ2) is 7.33. The lowest BCUT2D eigenvalue weighted by molar-refractivity contribution is -0.000880. The number of urea groups is 1. The molecule has 1 aromatic carbocycles. The van der Waals surface area contributed by atoms with Gasteiger partial charge in [-0.2, -0.15) is 0 Å². The first-order chi connectivity index (χ1) is 10.1. The third kappa shape index (κ3) is 4.37. The number of amides is 2. The number of anilines is 1. The molecule has 1 saturated heterocycles. The molecule has 1 aliphatic heterocycles. The maximum absolute atomic E-state index is 13.5. The Bertz CT molecular complexity index is 491. The van der Waals surface area contributed by atoms with Gasteiger partial charge in [0.2, 0.25) is 0 Å². The van der Waals surface area contributed by atoms with Crippen LogP contribution in [0.1, 0.15) is 12.8 Å². The van der Waals surface area contributed by atoms with Crippen LogP contribution in [0.2, 0.25) is 0 Å². The van der Waals surface area contributed by atoms with Crippen LogP contribution >= 0.6 is 0 Å². The van der Waals surface area contributed by atoms with Crippen LogP contribution in [-0.2, 0) is 4.74 Å². The van der Waals surface area contributed by atoms with E-state index in [1.54, 1.807) is 4.90 Å². The number of ether oxygens (including phenoxy) is 1. The van der Waals surface area contributed by atoms with Crippen LogP contribution in [0.5, 0.6) is 0 Å². The summed E-state index contributed by atoms with van der Waals surface area (Å²) in [7, 11) is 0. The third-order valence-electron chi connectivity index (χ3n) is 3.35. The molecule has 0 aliphatic carbocycles. The number of likely N-dealkylation sites (tertiary alicyclic amines) is 1. The molecule has 0 atom stereocenters. The zero-order valence-corrected chi connectivity index (χ0v) is 11.5. The van der Waals surface area contributed by atoms with Gasteiger partial charge in [-0.05, 0) is 25.0 Å². The first-order valence-electron chi connectivity index (χ1n) is 6.83. The molecule has 2 amide bonds. The van der Waals surface area contributed by atoms with Gasteiger partial charge in [0.15, 0.2) is 0 Å². The van der Waals surface area contributed by atoms with Crippen LogP contribution in [0, 0.1) is 11.6 Å². The van der Waals surface area contributed by atoms with Crippen molar-refractivity contribution < 1.29 is 23.4 Å². The van der Waals surface area contributed by atoms with Gasteiger partial charge < -0.3 is 20.1 Å². The first-order valence-corrected chi connectivity index (χ1v) is 6.83. The average Bonchev–Trinajstić information content (AvgIpc) is 2.48. The highest BCUT2D eigenvalue weighted by atomic mass is 19.1. The highest BCUT2D eigenvalue weighted by molar-refractivity contribution is 5.89. The zero-order valence-electron chi connectivity index (χ0n) is 11.5. The van der Waals surface area contributed by atoms with Gasteiger partial charge in [-0.3, -0.25) is 0 Å². The third-order valence-corrected chi connectivity index (χ3v) is 3.35. The Hall–Kier alpha value is -1.73. The Morgan fingerprint density at radius 3 is 2.71 bits per heavy atom. The summed E-state index contributed by atoms with van der Waals surface area (Å²) in [5, 5.41) is 11.1. The van der Waals surface area contributed by atoms with Gasteiger partial charge in [-0.1, -0.05) is 0 Å². The number of carbonyl (C=O) groups excluding carboxylic acids is 1. The van der Waals surface area contributed by atoms with E-state index in [9.17, 15) is 13.6 Å². The summed E-state index contributed by atoms with van der Waals surface area (Å²) in [6.45, 7) is 1.25. The molecule has 7 heteroatoms. The van der Waals surface area contributed by atoms with Crippen molar-refractivity contribution >= 4 is 11.7 Å². The Balaban J connectivity index is 1.84. The van der Waals surface area contributed by atoms with Crippen molar-refractivity contribution in [2.45, 2.75) is 18.9 Å². The normalized spacial score (nSPS) is 16.0. The predicted octanol–water partition coefficient (Wildman–Crippen LogP) is 1.97. The van der Waals surface area contributed by atoms with Gasteiger partial charge in [-0.15, -0.1) is 0 Å². The highest BCUT2D eigenvalue weighted by Crippen LogP contribution is 2.18. The van der Waals surface area contributed by atoms with Crippen molar-refractivity contribution in [1.82, 2.24) is 4.90 Å². The number of hydrogen-bond donors (Lipinski definition) is 2. The fraction of sp³-hybridized carbons (Fsp3) is 0.500. The molecule has 1 aromatic rings. The minimum absolute atomic E-state index is 0.0233. The number of aliphatic hydroxyl groups excluding tert-OH is 1. The van der Waals surface area contributed by atoms with E-state index in [0.29, 0.717) is 25.9 Å². The number of nitrogens with one attached hydrogen (secondary N) is 1. The summed E-state index contributed by atoms with van der Waals surface area (Å²) < 4.78 is 31.7. The Morgan fingerprint density at radius 2 is 2.10 bits per heavy atom. The molecule has 0 radical (unpaired) electrons. The molecule has 21 heavy (non-hydrogen) atoms. The van der Waals surface area contributed by atoms with Gasteiger partial charge in [-0.25, -0.2) is 13.6 Å². The van der Waals surface area contributed by atoms with Gasteiger partial charge in [0.1, 0.15) is 11.6 Å². The lowest BCUT2D eigenvalue weighted by atomic mass is 10.1. The van der Waals surface area contributed by atoms with Crippen LogP contribution in [-0.4, -0.2) is 48.4 Å². The van der Waals surface area contributed by atoms with Crippen LogP contribution in [0.25, 0.3) is 0 Å². The van der Waals surface area contributed by atoms with E-state index >= 15 is 0 Å². The van der Waals surface area contributed by atoms with Crippen molar-refractivity contribution in [3.8, 4) is 0 Å². The second-order valence-electron chi connectivity index (χ2n) is 4.84. The average molecular weight is 300 g/mol. The molecule has 116 valence electrons. The number of nitrogens with zero attached hydrogens (tertiary/aromatic N) is 1. The molecule has 0 saturated carbocycles. The molecular weight excluding hydrogens is 282 g/mol. The lowest BCUT2D eigenvalue weighted by Gasteiger charge is -2.31. The second-order valence-corrected chi connectivity index (χ2v) is 4.84. The highest BCUT2D eigenvalue weighted by Gasteiger charge is 2.23. The minimum atomic E-state index is -0.801. The molecule has 1 heterocycles. The van der Waals surface area contributed by atoms with Crippen molar-refractivity contribution in [2.24, 2.45) is 0 Å². The largest absolute Gasteiger partial charge is 0.394 e. The molecule has 1 aliphatic rings. The van der Waals surface area contributed by atoms with E-state index in [1.807, 2.05) is 0 Å². The molecular formula is C14H18F2N2O3. The van der Waals surface area contributed by atoms with Gasteiger partial charge in [0.25, 0.3) is 0 Å². The summed E-state index contributed by atoms with van der Waals surface area (Å²) in [4.78, 5) is 13.6. The first kappa shape index (κ1) is 15.7. The van der Waals surface area contributed by atoms with E-state index in [-0.39, 0.29) is 25.0 Å². The summed E-state index contributed by atoms with van der Waals surface area (Å²) in [6, 6.07) is 2.60. The number of carbonyl (C=O) groups is 1. The van der Waals surface area contributed by atoms with E-state index in [2.05, 4.69) is 5.32 Å². The van der Waals surface area contributed by atoms with E-state index < -0.39 is 17.7 Å². The number of halogens is 2. The smallest absolute Gasteiger partial charge is 0.321 e. The molecule has 2 N–H and O–H groups in total. The molecule has 0 unspecified atom stereocenters. The quantitative estimate of drug-likeness (QED) is 0.893. The zero-order chi connectivity index (χ0) is 15.2. The fourth-order valence-electron chi connectivity index (χ4n) is 2.23. The van der Waals surface area contributed by atoms with E-state index in [4.69, 9.17) is 9.84 Å². The summed E-state index contributed by atoms with van der Waals surface area (Å²) in [5.74, 6) is -1.49. The van der Waals surface area contributed by atoms with E-state index in [0.717, 1.165) is 12.1 Å². The monoisotopic (exact) mass is 300 g/mol. The molecule has 2 rings (SSSR count). The summed E-state index contributed by atoms with van der Waals surface area (Å²) in [6.07, 6.45) is 1.36. The Labute approximate surface area is 121 Å². The number of piperidine rings is 1. The van der Waals surface area contributed by atoms with Crippen molar-refractivity contribution in [3.63, 3.8) is 0 Å². The van der Waals surface area contributed by atoms with Crippen LogP contribution in [0.3, 0.4) is 0 Å². The standard InChI is InChI=1S/C14H18F2N2O3/c15-10-1-2-13(12(16)9-10)17-14(20)18-5-3-11(4-6-18)21-8-7-19/h1-2,9,11,19H,3-8H2,(H,17,20). The number of benzene rings is 1. The van der Waals surface area contributed by atoms with Crippen molar-refractivity contribution in [2.75, 3.05) is 31.6 Å². The van der Waals surface area contributed by atoms with Gasteiger partial charge in [0.05, 0.1) is 25.0 Å². The summed E-state index contributed by atoms with van der Waals surface area (Å²) in [5.41, 5.74) is -0.0416. The number of hydrogen-bond acceptors (Lipinski definition) is 3. The number of aliphatic hydroxyl groups is 1. The molecule has 5 nitrogen and oxygen atoms in total. The minimum Gasteiger partial charge on any atom is -0.394 e. The molecule has 1 fully saturated rings. The summed E-state index contributed by atoms with van der Waals surface area (Å²) >= 11 is 0. The van der Waals surface area contributed by atoms with Crippen molar-refractivity contribution in [1.29, 1.82) is 0 Å². The maximum atomic E-state index is 13.5. The number of rotatable bonds is 4. The van der Waals surface area contributed by atoms with Gasteiger partial charge >= 0.3 is 6.03 Å². The Kier molecular flexibility index (Phi) is 5.46. The van der Waals surface area contributed by atoms with Gasteiger partial charge in [0, 0.05) is 19.2 Å². The SMILES string of the molecule is O=C(Nc1ccc(F)cc1F)N1CCC(OCCO)CC1. The van der Waals surface area contributed by atoms with Crippen LogP contribution in [0.15, 0.2) is 18.2 Å². The molecule has 0 bridgehead atoms. The predicted molar refractivity (Wildman–Crippen MR) is 73.0 cm³/mol. The van der Waals surface area contributed by atoms with Crippen LogP contribution < -0.4 is 5.32 Å². The topological polar surface area (TPSA) is 61.8 Å².